The second-order valence-corrected chi connectivity index (χ2v) is 5.36. The van der Waals surface area contributed by atoms with Crippen LogP contribution < -0.4 is 5.32 Å². The SMILES string of the molecule is CCCCCC(C)Nc1ccc(Br)c(C)c1. The number of halogens is 1. The number of unbranched alkanes of at least 4 members (excludes halogenated alkanes) is 2. The van der Waals surface area contributed by atoms with Crippen molar-refractivity contribution in [1.29, 1.82) is 0 Å². The lowest BCUT2D eigenvalue weighted by Gasteiger charge is -2.15. The van der Waals surface area contributed by atoms with Crippen molar-refractivity contribution in [2.45, 2.75) is 52.5 Å². The molecule has 0 fully saturated rings. The Morgan fingerprint density at radius 3 is 2.69 bits per heavy atom. The summed E-state index contributed by atoms with van der Waals surface area (Å²) in [4.78, 5) is 0. The summed E-state index contributed by atoms with van der Waals surface area (Å²) in [6.45, 7) is 6.63. The van der Waals surface area contributed by atoms with Crippen molar-refractivity contribution in [3.63, 3.8) is 0 Å². The average Bonchev–Trinajstić information content (AvgIpc) is 2.24. The highest BCUT2D eigenvalue weighted by atomic mass is 79.9. The van der Waals surface area contributed by atoms with E-state index in [1.807, 2.05) is 0 Å². The highest BCUT2D eigenvalue weighted by Gasteiger charge is 2.02. The van der Waals surface area contributed by atoms with Crippen LogP contribution in [0.15, 0.2) is 22.7 Å². The zero-order chi connectivity index (χ0) is 12.0. The van der Waals surface area contributed by atoms with E-state index in [-0.39, 0.29) is 0 Å². The molecule has 1 rings (SSSR count). The van der Waals surface area contributed by atoms with Crippen LogP contribution in [0.4, 0.5) is 5.69 Å². The van der Waals surface area contributed by atoms with Gasteiger partial charge in [-0.15, -0.1) is 0 Å². The Morgan fingerprint density at radius 2 is 2.06 bits per heavy atom. The van der Waals surface area contributed by atoms with Crippen LogP contribution in [-0.2, 0) is 0 Å². The fourth-order valence-corrected chi connectivity index (χ4v) is 2.04. The fourth-order valence-electron chi connectivity index (χ4n) is 1.79. The van der Waals surface area contributed by atoms with Crippen molar-refractivity contribution in [3.8, 4) is 0 Å². The maximum Gasteiger partial charge on any atom is 0.0345 e. The van der Waals surface area contributed by atoms with Gasteiger partial charge in [-0.05, 0) is 44.0 Å². The van der Waals surface area contributed by atoms with Gasteiger partial charge < -0.3 is 5.32 Å². The third-order valence-corrected chi connectivity index (χ3v) is 3.70. The summed E-state index contributed by atoms with van der Waals surface area (Å²) in [5, 5.41) is 3.55. The lowest BCUT2D eigenvalue weighted by molar-refractivity contribution is 0.615. The molecule has 0 aliphatic rings. The third kappa shape index (κ3) is 4.56. The Bertz CT molecular complexity index is 323. The molecular formula is C14H22BrN. The van der Waals surface area contributed by atoms with Crippen LogP contribution in [0.2, 0.25) is 0 Å². The molecule has 0 saturated carbocycles. The predicted molar refractivity (Wildman–Crippen MR) is 76.1 cm³/mol. The Kier molecular flexibility index (Phi) is 5.89. The largest absolute Gasteiger partial charge is 0.383 e. The molecule has 0 bridgehead atoms. The summed E-state index contributed by atoms with van der Waals surface area (Å²) in [5.74, 6) is 0. The Hall–Kier alpha value is -0.500. The second kappa shape index (κ2) is 6.95. The summed E-state index contributed by atoms with van der Waals surface area (Å²) in [5.41, 5.74) is 2.51. The van der Waals surface area contributed by atoms with Crippen LogP contribution in [-0.4, -0.2) is 6.04 Å². The summed E-state index contributed by atoms with van der Waals surface area (Å²) in [6.07, 6.45) is 5.21. The Morgan fingerprint density at radius 1 is 1.31 bits per heavy atom. The van der Waals surface area contributed by atoms with Crippen molar-refractivity contribution in [1.82, 2.24) is 0 Å². The normalized spacial score (nSPS) is 12.5. The first-order valence-electron chi connectivity index (χ1n) is 6.16. The first-order chi connectivity index (χ1) is 7.63. The molecule has 0 aromatic heterocycles. The van der Waals surface area contributed by atoms with E-state index in [0.717, 1.165) is 0 Å². The summed E-state index contributed by atoms with van der Waals surface area (Å²) in [7, 11) is 0. The van der Waals surface area contributed by atoms with Gasteiger partial charge in [0, 0.05) is 16.2 Å². The zero-order valence-corrected chi connectivity index (χ0v) is 12.1. The quantitative estimate of drug-likeness (QED) is 0.713. The maximum atomic E-state index is 3.55. The van der Waals surface area contributed by atoms with Crippen molar-refractivity contribution in [3.05, 3.63) is 28.2 Å². The highest BCUT2D eigenvalue weighted by Crippen LogP contribution is 2.21. The van der Waals surface area contributed by atoms with Gasteiger partial charge in [-0.1, -0.05) is 42.1 Å². The van der Waals surface area contributed by atoms with E-state index >= 15 is 0 Å². The van der Waals surface area contributed by atoms with E-state index < -0.39 is 0 Å². The topological polar surface area (TPSA) is 12.0 Å². The van der Waals surface area contributed by atoms with Gasteiger partial charge in [0.1, 0.15) is 0 Å². The second-order valence-electron chi connectivity index (χ2n) is 4.51. The number of rotatable bonds is 6. The lowest BCUT2D eigenvalue weighted by atomic mass is 10.1. The zero-order valence-electron chi connectivity index (χ0n) is 10.5. The average molecular weight is 284 g/mol. The molecule has 0 amide bonds. The summed E-state index contributed by atoms with van der Waals surface area (Å²) in [6, 6.07) is 7.00. The molecule has 0 aliphatic heterocycles. The number of hydrogen-bond donors (Lipinski definition) is 1. The summed E-state index contributed by atoms with van der Waals surface area (Å²) < 4.78 is 1.18. The molecule has 1 aromatic carbocycles. The number of anilines is 1. The number of benzene rings is 1. The van der Waals surface area contributed by atoms with E-state index in [2.05, 4.69) is 60.2 Å². The molecular weight excluding hydrogens is 262 g/mol. The van der Waals surface area contributed by atoms with Crippen molar-refractivity contribution >= 4 is 21.6 Å². The van der Waals surface area contributed by atoms with E-state index in [0.29, 0.717) is 6.04 Å². The Labute approximate surface area is 108 Å². The highest BCUT2D eigenvalue weighted by molar-refractivity contribution is 9.10. The molecule has 1 atom stereocenters. The smallest absolute Gasteiger partial charge is 0.0345 e. The molecule has 0 heterocycles. The molecule has 0 aliphatic carbocycles. The number of aryl methyl sites for hydroxylation is 1. The van der Waals surface area contributed by atoms with E-state index in [1.54, 1.807) is 0 Å². The van der Waals surface area contributed by atoms with E-state index in [1.165, 1.54) is 41.4 Å². The molecule has 1 N–H and O–H groups in total. The molecule has 0 saturated heterocycles. The fraction of sp³-hybridized carbons (Fsp3) is 0.571. The van der Waals surface area contributed by atoms with Crippen LogP contribution in [0.1, 0.15) is 45.1 Å². The monoisotopic (exact) mass is 283 g/mol. The van der Waals surface area contributed by atoms with Gasteiger partial charge in [-0.2, -0.15) is 0 Å². The van der Waals surface area contributed by atoms with Crippen molar-refractivity contribution < 1.29 is 0 Å². The minimum Gasteiger partial charge on any atom is -0.383 e. The predicted octanol–water partition coefficient (Wildman–Crippen LogP) is 5.14. The molecule has 1 nitrogen and oxygen atoms in total. The molecule has 90 valence electrons. The molecule has 0 radical (unpaired) electrons. The molecule has 16 heavy (non-hydrogen) atoms. The van der Waals surface area contributed by atoms with Crippen molar-refractivity contribution in [2.24, 2.45) is 0 Å². The standard InChI is InChI=1S/C14H22BrN/c1-4-5-6-7-12(3)16-13-8-9-14(15)11(2)10-13/h8-10,12,16H,4-7H2,1-3H3. The minimum absolute atomic E-state index is 0.562. The van der Waals surface area contributed by atoms with Gasteiger partial charge in [0.05, 0.1) is 0 Å². The number of hydrogen-bond acceptors (Lipinski definition) is 1. The van der Waals surface area contributed by atoms with Gasteiger partial charge in [-0.3, -0.25) is 0 Å². The van der Waals surface area contributed by atoms with Crippen LogP contribution in [0.25, 0.3) is 0 Å². The molecule has 2 heteroatoms. The van der Waals surface area contributed by atoms with Gasteiger partial charge >= 0.3 is 0 Å². The summed E-state index contributed by atoms with van der Waals surface area (Å²) >= 11 is 3.52. The first kappa shape index (κ1) is 13.6. The van der Waals surface area contributed by atoms with Crippen LogP contribution in [0, 0.1) is 6.92 Å². The van der Waals surface area contributed by atoms with Crippen molar-refractivity contribution in [2.75, 3.05) is 5.32 Å². The van der Waals surface area contributed by atoms with Gasteiger partial charge in [0.15, 0.2) is 0 Å². The van der Waals surface area contributed by atoms with Gasteiger partial charge in [0.2, 0.25) is 0 Å². The van der Waals surface area contributed by atoms with Crippen LogP contribution in [0.5, 0.6) is 0 Å². The maximum absolute atomic E-state index is 3.55. The third-order valence-electron chi connectivity index (χ3n) is 2.81. The number of nitrogens with one attached hydrogen (secondary N) is 1. The lowest BCUT2D eigenvalue weighted by Crippen LogP contribution is -2.14. The molecule has 0 spiro atoms. The van der Waals surface area contributed by atoms with E-state index in [4.69, 9.17) is 0 Å². The Balaban J connectivity index is 2.43. The van der Waals surface area contributed by atoms with Crippen LogP contribution in [0.3, 0.4) is 0 Å². The van der Waals surface area contributed by atoms with E-state index in [9.17, 15) is 0 Å². The van der Waals surface area contributed by atoms with Gasteiger partial charge in [-0.25, -0.2) is 0 Å². The molecule has 1 aromatic rings. The first-order valence-corrected chi connectivity index (χ1v) is 6.95. The minimum atomic E-state index is 0.562. The van der Waals surface area contributed by atoms with Crippen LogP contribution >= 0.6 is 15.9 Å². The van der Waals surface area contributed by atoms with Gasteiger partial charge in [0.25, 0.3) is 0 Å². The molecule has 1 unspecified atom stereocenters.